The Kier molecular flexibility index (Phi) is 10.4. The van der Waals surface area contributed by atoms with Crippen molar-refractivity contribution in [2.45, 2.75) is 38.8 Å². The van der Waals surface area contributed by atoms with Crippen LogP contribution in [0.5, 0.6) is 0 Å². The molecule has 0 spiro atoms. The Morgan fingerprint density at radius 1 is 1.18 bits per heavy atom. The highest BCUT2D eigenvalue weighted by Gasteiger charge is 2.34. The molecule has 0 aliphatic carbocycles. The lowest BCUT2D eigenvalue weighted by Gasteiger charge is -2.21. The van der Waals surface area contributed by atoms with Crippen LogP contribution in [0.2, 0.25) is 0 Å². The summed E-state index contributed by atoms with van der Waals surface area (Å²) in [6.07, 6.45) is -0.314. The van der Waals surface area contributed by atoms with Crippen LogP contribution >= 0.6 is 0 Å². The van der Waals surface area contributed by atoms with Gasteiger partial charge in [0.25, 0.3) is 0 Å². The van der Waals surface area contributed by atoms with Crippen molar-refractivity contribution < 1.29 is 22.6 Å². The van der Waals surface area contributed by atoms with Crippen LogP contribution in [0, 0.1) is 11.8 Å². The van der Waals surface area contributed by atoms with E-state index in [2.05, 4.69) is 15.6 Å². The minimum Gasteiger partial charge on any atom is -0.381 e. The molecule has 0 radical (unpaired) electrons. The predicted molar refractivity (Wildman–Crippen MR) is 104 cm³/mol. The molecule has 1 unspecified atom stereocenters. The number of nitrogens with one attached hydrogen (secondary N) is 2. The van der Waals surface area contributed by atoms with Gasteiger partial charge in [0.1, 0.15) is 0 Å². The molecule has 0 amide bonds. The van der Waals surface area contributed by atoms with E-state index in [4.69, 9.17) is 9.47 Å². The van der Waals surface area contributed by atoms with Gasteiger partial charge in [-0.1, -0.05) is 0 Å². The number of guanidine groups is 1. The Labute approximate surface area is 166 Å². The number of likely N-dealkylation sites (tertiary alicyclic amines) is 1. The van der Waals surface area contributed by atoms with Gasteiger partial charge >= 0.3 is 6.18 Å². The summed E-state index contributed by atoms with van der Waals surface area (Å²) >= 11 is 0. The number of rotatable bonds is 10. The summed E-state index contributed by atoms with van der Waals surface area (Å²) in [7, 11) is 0. The SMILES string of the molecule is CCNC(=NCC1CCN(CC(F)(F)F)C1)NCCCOCC1CCOCC1. The Hall–Kier alpha value is -1.06. The number of alkyl halides is 3. The molecule has 2 N–H and O–H groups in total. The monoisotopic (exact) mass is 408 g/mol. The van der Waals surface area contributed by atoms with E-state index in [1.807, 2.05) is 6.92 Å². The molecule has 2 saturated heterocycles. The molecule has 1 atom stereocenters. The topological polar surface area (TPSA) is 58.1 Å². The van der Waals surface area contributed by atoms with E-state index in [1.165, 1.54) is 4.90 Å². The van der Waals surface area contributed by atoms with Gasteiger partial charge < -0.3 is 20.1 Å². The maximum Gasteiger partial charge on any atom is 0.401 e. The Morgan fingerprint density at radius 3 is 2.68 bits per heavy atom. The van der Waals surface area contributed by atoms with E-state index in [0.717, 1.165) is 64.6 Å². The summed E-state index contributed by atoms with van der Waals surface area (Å²) in [5.41, 5.74) is 0. The highest BCUT2D eigenvalue weighted by atomic mass is 19.4. The third-order valence-electron chi connectivity index (χ3n) is 5.08. The van der Waals surface area contributed by atoms with Crippen molar-refractivity contribution in [2.75, 3.05) is 65.7 Å². The largest absolute Gasteiger partial charge is 0.401 e. The lowest BCUT2D eigenvalue weighted by atomic mass is 10.0. The number of nitrogens with zero attached hydrogens (tertiary/aromatic N) is 2. The number of hydrogen-bond acceptors (Lipinski definition) is 4. The fourth-order valence-electron chi connectivity index (χ4n) is 3.57. The van der Waals surface area contributed by atoms with E-state index in [1.54, 1.807) is 0 Å². The van der Waals surface area contributed by atoms with Crippen molar-refractivity contribution in [3.05, 3.63) is 0 Å². The summed E-state index contributed by atoms with van der Waals surface area (Å²) < 4.78 is 48.5. The van der Waals surface area contributed by atoms with E-state index < -0.39 is 12.7 Å². The molecule has 9 heteroatoms. The fourth-order valence-corrected chi connectivity index (χ4v) is 3.57. The highest BCUT2D eigenvalue weighted by molar-refractivity contribution is 5.79. The van der Waals surface area contributed by atoms with Crippen LogP contribution in [0.4, 0.5) is 13.2 Å². The lowest BCUT2D eigenvalue weighted by molar-refractivity contribution is -0.143. The maximum absolute atomic E-state index is 12.5. The fraction of sp³-hybridized carbons (Fsp3) is 0.947. The van der Waals surface area contributed by atoms with E-state index >= 15 is 0 Å². The highest BCUT2D eigenvalue weighted by Crippen LogP contribution is 2.22. The smallest absolute Gasteiger partial charge is 0.381 e. The second kappa shape index (κ2) is 12.5. The summed E-state index contributed by atoms with van der Waals surface area (Å²) in [6, 6.07) is 0. The molecule has 2 rings (SSSR count). The molecule has 0 aromatic carbocycles. The zero-order valence-electron chi connectivity index (χ0n) is 16.9. The van der Waals surface area contributed by atoms with Crippen molar-refractivity contribution in [3.8, 4) is 0 Å². The van der Waals surface area contributed by atoms with E-state index in [0.29, 0.717) is 32.2 Å². The molecule has 2 aliphatic heterocycles. The molecule has 28 heavy (non-hydrogen) atoms. The molecule has 164 valence electrons. The van der Waals surface area contributed by atoms with Gasteiger partial charge in [-0.25, -0.2) is 0 Å². The predicted octanol–water partition coefficient (Wildman–Crippen LogP) is 2.26. The molecule has 0 saturated carbocycles. The maximum atomic E-state index is 12.5. The number of aliphatic imine (C=N–C) groups is 1. The van der Waals surface area contributed by atoms with Crippen LogP contribution in [0.1, 0.15) is 32.6 Å². The average Bonchev–Trinajstić information content (AvgIpc) is 3.08. The van der Waals surface area contributed by atoms with Gasteiger partial charge in [0.05, 0.1) is 6.54 Å². The van der Waals surface area contributed by atoms with Crippen LogP contribution in [-0.4, -0.2) is 82.7 Å². The average molecular weight is 409 g/mol. The van der Waals surface area contributed by atoms with Crippen molar-refractivity contribution in [1.82, 2.24) is 15.5 Å². The van der Waals surface area contributed by atoms with Crippen LogP contribution in [0.15, 0.2) is 4.99 Å². The first-order valence-electron chi connectivity index (χ1n) is 10.4. The van der Waals surface area contributed by atoms with Crippen molar-refractivity contribution in [1.29, 1.82) is 0 Å². The second-order valence-electron chi connectivity index (χ2n) is 7.64. The zero-order valence-corrected chi connectivity index (χ0v) is 16.9. The summed E-state index contributed by atoms with van der Waals surface area (Å²) in [6.45, 7) is 7.36. The van der Waals surface area contributed by atoms with Gasteiger partial charge in [0.15, 0.2) is 5.96 Å². The molecular weight excluding hydrogens is 373 g/mol. The van der Waals surface area contributed by atoms with Crippen LogP contribution in [0.3, 0.4) is 0 Å². The van der Waals surface area contributed by atoms with Crippen LogP contribution in [-0.2, 0) is 9.47 Å². The molecule has 0 aromatic rings. The zero-order chi connectivity index (χ0) is 20.2. The molecule has 2 heterocycles. The molecule has 0 aromatic heterocycles. The normalized spacial score (nSPS) is 22.6. The molecule has 0 bridgehead atoms. The van der Waals surface area contributed by atoms with Gasteiger partial charge in [-0.15, -0.1) is 0 Å². The quantitative estimate of drug-likeness (QED) is 0.330. The first-order chi connectivity index (χ1) is 13.5. The molecule has 2 aliphatic rings. The minimum absolute atomic E-state index is 0.181. The Balaban J connectivity index is 1.58. The number of halogens is 3. The van der Waals surface area contributed by atoms with Crippen LogP contribution in [0.25, 0.3) is 0 Å². The number of hydrogen-bond donors (Lipinski definition) is 2. The van der Waals surface area contributed by atoms with Gasteiger partial charge in [-0.2, -0.15) is 13.2 Å². The van der Waals surface area contributed by atoms with Crippen molar-refractivity contribution >= 4 is 5.96 Å². The van der Waals surface area contributed by atoms with E-state index in [-0.39, 0.29) is 5.92 Å². The summed E-state index contributed by atoms with van der Waals surface area (Å²) in [5, 5.41) is 6.47. The lowest BCUT2D eigenvalue weighted by Crippen LogP contribution is -2.38. The molecule has 6 nitrogen and oxygen atoms in total. The summed E-state index contributed by atoms with van der Waals surface area (Å²) in [5.74, 6) is 1.52. The molecule has 2 fully saturated rings. The first-order valence-corrected chi connectivity index (χ1v) is 10.4. The minimum atomic E-state index is -4.12. The van der Waals surface area contributed by atoms with Crippen molar-refractivity contribution in [3.63, 3.8) is 0 Å². The molecular formula is C19H35F3N4O2. The second-order valence-corrected chi connectivity index (χ2v) is 7.64. The Bertz CT molecular complexity index is 457. The van der Waals surface area contributed by atoms with Gasteiger partial charge in [-0.3, -0.25) is 9.89 Å². The van der Waals surface area contributed by atoms with Crippen molar-refractivity contribution in [2.24, 2.45) is 16.8 Å². The standard InChI is InChI=1S/C19H35F3N4O2/c1-2-23-18(24-7-3-9-28-14-16-5-10-27-11-6-16)25-12-17-4-8-26(13-17)15-19(20,21)22/h16-17H,2-15H2,1H3,(H2,23,24,25). The first kappa shape index (κ1) is 23.2. The van der Waals surface area contributed by atoms with Gasteiger partial charge in [0, 0.05) is 52.6 Å². The van der Waals surface area contributed by atoms with Gasteiger partial charge in [0.2, 0.25) is 0 Å². The summed E-state index contributed by atoms with van der Waals surface area (Å²) in [4.78, 5) is 6.02. The van der Waals surface area contributed by atoms with Crippen LogP contribution < -0.4 is 10.6 Å². The third-order valence-corrected chi connectivity index (χ3v) is 5.08. The number of ether oxygens (including phenoxy) is 2. The van der Waals surface area contributed by atoms with E-state index in [9.17, 15) is 13.2 Å². The van der Waals surface area contributed by atoms with Gasteiger partial charge in [-0.05, 0) is 51.0 Å². The Morgan fingerprint density at radius 2 is 1.96 bits per heavy atom. The third kappa shape index (κ3) is 9.93.